The van der Waals surface area contributed by atoms with E-state index in [0.717, 1.165) is 73.6 Å². The normalized spacial score (nSPS) is 15.7. The molecule has 0 saturated heterocycles. The molecule has 0 amide bonds. The molecule has 1 nitrogen and oxygen atoms in total. The third-order valence-electron chi connectivity index (χ3n) is 6.25. The van der Waals surface area contributed by atoms with Gasteiger partial charge in [-0.05, 0) is 84.2 Å². The number of fused-ring (bicyclic) bond motifs is 2. The Labute approximate surface area is 179 Å². The van der Waals surface area contributed by atoms with Crippen LogP contribution in [0.2, 0.25) is 0 Å². The molecule has 0 aromatic heterocycles. The first kappa shape index (κ1) is 20.7. The number of aryl methyl sites for hydroxylation is 2. The molecule has 1 atom stereocenters. The molecule has 30 heavy (non-hydrogen) atoms. The van der Waals surface area contributed by atoms with Crippen LogP contribution in [0.15, 0.2) is 61.2 Å². The highest BCUT2D eigenvalue weighted by molar-refractivity contribution is 5.84. The van der Waals surface area contributed by atoms with E-state index in [0.29, 0.717) is 0 Å². The van der Waals surface area contributed by atoms with Gasteiger partial charge in [0, 0.05) is 5.39 Å². The molecule has 3 aromatic carbocycles. The van der Waals surface area contributed by atoms with Crippen LogP contribution in [0, 0.1) is 5.82 Å². The van der Waals surface area contributed by atoms with E-state index in [9.17, 15) is 0 Å². The summed E-state index contributed by atoms with van der Waals surface area (Å²) in [6, 6.07) is 16.7. The summed E-state index contributed by atoms with van der Waals surface area (Å²) in [5.74, 6) is 1.14. The fraction of sp³-hybridized carbons (Fsp3) is 0.357. The topological polar surface area (TPSA) is 9.23 Å². The summed E-state index contributed by atoms with van der Waals surface area (Å²) in [7, 11) is 0. The summed E-state index contributed by atoms with van der Waals surface area (Å²) < 4.78 is 21.3. The van der Waals surface area contributed by atoms with E-state index < -0.39 is 0 Å². The molecule has 0 N–H and O–H groups in total. The Bertz CT molecular complexity index is 1040. The minimum atomic E-state index is -0.0360. The maximum Gasteiger partial charge on any atom is 0.134 e. The van der Waals surface area contributed by atoms with E-state index in [2.05, 4.69) is 49.9 Å². The maximum atomic E-state index is 15.4. The first-order valence-electron chi connectivity index (χ1n) is 11.3. The first-order valence-corrected chi connectivity index (χ1v) is 11.3. The van der Waals surface area contributed by atoms with Gasteiger partial charge in [0.25, 0.3) is 0 Å². The predicted molar refractivity (Wildman–Crippen MR) is 124 cm³/mol. The smallest absolute Gasteiger partial charge is 0.134 e. The first-order chi connectivity index (χ1) is 14.7. The molecule has 0 aliphatic heterocycles. The van der Waals surface area contributed by atoms with Crippen molar-refractivity contribution in [1.82, 2.24) is 0 Å². The number of hydrogen-bond donors (Lipinski definition) is 0. The Morgan fingerprint density at radius 2 is 2.00 bits per heavy atom. The zero-order valence-electron chi connectivity index (χ0n) is 17.9. The van der Waals surface area contributed by atoms with Gasteiger partial charge in [0.15, 0.2) is 0 Å². The lowest BCUT2D eigenvalue weighted by Crippen LogP contribution is -2.14. The van der Waals surface area contributed by atoms with Crippen molar-refractivity contribution in [3.05, 3.63) is 89.3 Å². The maximum absolute atomic E-state index is 15.4. The summed E-state index contributed by atoms with van der Waals surface area (Å²) in [6.45, 7) is 6.64. The zero-order chi connectivity index (χ0) is 20.9. The van der Waals surface area contributed by atoms with Crippen molar-refractivity contribution in [2.45, 2.75) is 57.8 Å². The number of benzene rings is 3. The van der Waals surface area contributed by atoms with Crippen LogP contribution in [0.25, 0.3) is 10.8 Å². The molecule has 1 aliphatic rings. The van der Waals surface area contributed by atoms with E-state index in [1.54, 1.807) is 0 Å². The lowest BCUT2D eigenvalue weighted by molar-refractivity contribution is 0.311. The van der Waals surface area contributed by atoms with Crippen molar-refractivity contribution < 1.29 is 9.13 Å². The van der Waals surface area contributed by atoms with Gasteiger partial charge in [-0.2, -0.15) is 0 Å². The van der Waals surface area contributed by atoms with Crippen LogP contribution in [-0.2, 0) is 19.3 Å². The van der Waals surface area contributed by atoms with E-state index in [4.69, 9.17) is 4.74 Å². The SMILES string of the molecule is C=CCCCOc1ccc2c(c1)CCC(c1ccc3cc(CCC)ccc3c1F)C2. The standard InChI is InChI=1S/C28H31FO/c1-3-5-6-16-30-25-13-11-21-18-24(10-9-22(21)19-25)27-15-12-23-17-20(7-4-2)8-14-26(23)28(27)29/h3,8,11-15,17,19,24H,1,4-7,9-10,16,18H2,2H3. The highest BCUT2D eigenvalue weighted by Gasteiger charge is 2.24. The highest BCUT2D eigenvalue weighted by atomic mass is 19.1. The quantitative estimate of drug-likeness (QED) is 0.279. The minimum Gasteiger partial charge on any atom is -0.494 e. The van der Waals surface area contributed by atoms with Gasteiger partial charge < -0.3 is 4.74 Å². The highest BCUT2D eigenvalue weighted by Crippen LogP contribution is 2.37. The van der Waals surface area contributed by atoms with E-state index in [1.165, 1.54) is 16.7 Å². The van der Waals surface area contributed by atoms with Crippen LogP contribution in [0.5, 0.6) is 5.75 Å². The molecule has 0 radical (unpaired) electrons. The van der Waals surface area contributed by atoms with E-state index in [-0.39, 0.29) is 11.7 Å². The molecular weight excluding hydrogens is 371 g/mol. The fourth-order valence-corrected chi connectivity index (χ4v) is 4.62. The molecule has 1 aliphatic carbocycles. The summed E-state index contributed by atoms with van der Waals surface area (Å²) in [4.78, 5) is 0. The van der Waals surface area contributed by atoms with Crippen LogP contribution in [0.4, 0.5) is 4.39 Å². The second kappa shape index (κ2) is 9.47. The second-order valence-corrected chi connectivity index (χ2v) is 8.42. The van der Waals surface area contributed by atoms with Gasteiger partial charge >= 0.3 is 0 Å². The molecule has 156 valence electrons. The Hall–Kier alpha value is -2.61. The Morgan fingerprint density at radius 3 is 2.83 bits per heavy atom. The van der Waals surface area contributed by atoms with Crippen molar-refractivity contribution in [1.29, 1.82) is 0 Å². The second-order valence-electron chi connectivity index (χ2n) is 8.42. The van der Waals surface area contributed by atoms with Gasteiger partial charge in [-0.15, -0.1) is 6.58 Å². The third kappa shape index (κ3) is 4.43. The number of ether oxygens (including phenoxy) is 1. The van der Waals surface area contributed by atoms with Gasteiger partial charge in [-0.3, -0.25) is 0 Å². The minimum absolute atomic E-state index is 0.0360. The van der Waals surface area contributed by atoms with Crippen LogP contribution in [0.1, 0.15) is 60.8 Å². The Morgan fingerprint density at radius 1 is 1.10 bits per heavy atom. The molecule has 0 saturated carbocycles. The van der Waals surface area contributed by atoms with E-state index in [1.807, 2.05) is 18.2 Å². The average molecular weight is 403 g/mol. The lowest BCUT2D eigenvalue weighted by Gasteiger charge is -2.26. The molecule has 0 heterocycles. The zero-order valence-corrected chi connectivity index (χ0v) is 17.9. The number of rotatable bonds is 8. The van der Waals surface area contributed by atoms with Crippen molar-refractivity contribution in [2.24, 2.45) is 0 Å². The van der Waals surface area contributed by atoms with Crippen LogP contribution in [-0.4, -0.2) is 6.61 Å². The van der Waals surface area contributed by atoms with Crippen molar-refractivity contribution in [3.63, 3.8) is 0 Å². The Kier molecular flexibility index (Phi) is 6.52. The van der Waals surface area contributed by atoms with Gasteiger partial charge in [-0.1, -0.05) is 55.8 Å². The fourth-order valence-electron chi connectivity index (χ4n) is 4.62. The number of unbranched alkanes of at least 4 members (excludes halogenated alkanes) is 1. The van der Waals surface area contributed by atoms with Gasteiger partial charge in [0.1, 0.15) is 11.6 Å². The average Bonchev–Trinajstić information content (AvgIpc) is 2.77. The van der Waals surface area contributed by atoms with Crippen LogP contribution in [0.3, 0.4) is 0 Å². The Balaban J connectivity index is 1.51. The molecule has 0 fully saturated rings. The monoisotopic (exact) mass is 402 g/mol. The summed E-state index contributed by atoms with van der Waals surface area (Å²) in [5.41, 5.74) is 4.81. The molecule has 4 rings (SSSR count). The van der Waals surface area contributed by atoms with Crippen LogP contribution >= 0.6 is 0 Å². The summed E-state index contributed by atoms with van der Waals surface area (Å²) >= 11 is 0. The number of allylic oxidation sites excluding steroid dienone is 1. The van der Waals surface area contributed by atoms with Gasteiger partial charge in [-0.25, -0.2) is 4.39 Å². The van der Waals surface area contributed by atoms with Crippen molar-refractivity contribution in [3.8, 4) is 5.75 Å². The predicted octanol–water partition coefficient (Wildman–Crippen LogP) is 7.55. The molecular formula is C28H31FO. The van der Waals surface area contributed by atoms with Gasteiger partial charge in [0.05, 0.1) is 6.61 Å². The summed E-state index contributed by atoms with van der Waals surface area (Å²) in [6.07, 6.45) is 8.87. The van der Waals surface area contributed by atoms with Gasteiger partial charge in [0.2, 0.25) is 0 Å². The molecule has 1 unspecified atom stereocenters. The van der Waals surface area contributed by atoms with Crippen molar-refractivity contribution in [2.75, 3.05) is 6.61 Å². The van der Waals surface area contributed by atoms with E-state index >= 15 is 4.39 Å². The molecule has 3 aromatic rings. The van der Waals surface area contributed by atoms with Crippen LogP contribution < -0.4 is 4.74 Å². The largest absolute Gasteiger partial charge is 0.494 e. The third-order valence-corrected chi connectivity index (χ3v) is 6.25. The molecule has 2 heteroatoms. The number of hydrogen-bond acceptors (Lipinski definition) is 1. The number of halogens is 1. The molecule has 0 bridgehead atoms. The lowest BCUT2D eigenvalue weighted by atomic mass is 9.79. The van der Waals surface area contributed by atoms with Crippen molar-refractivity contribution >= 4 is 10.8 Å². The summed E-state index contributed by atoms with van der Waals surface area (Å²) in [5, 5.41) is 1.76. The molecule has 0 spiro atoms.